The number of nitrogens with zero attached hydrogens (tertiary/aromatic N) is 1. The van der Waals surface area contributed by atoms with Crippen LogP contribution in [0.2, 0.25) is 0 Å². The van der Waals surface area contributed by atoms with Crippen molar-refractivity contribution in [1.82, 2.24) is 9.55 Å². The predicted molar refractivity (Wildman–Crippen MR) is 81.4 cm³/mol. The number of aromatic nitrogens is 2. The van der Waals surface area contributed by atoms with Gasteiger partial charge in [-0.3, -0.25) is 0 Å². The summed E-state index contributed by atoms with van der Waals surface area (Å²) in [6.07, 6.45) is 6.89. The minimum atomic E-state index is 0.848. The summed E-state index contributed by atoms with van der Waals surface area (Å²) in [6.45, 7) is 1.04. The Morgan fingerprint density at radius 1 is 1.33 bits per heavy atom. The standard InChI is InChI=1S/C14H17BrN2S/c15-11-5-6-12-13(9-11)17(14(18)16-12)8-7-10-3-1-2-4-10/h5-6,9-10H,1-4,7-8H2,(H,16,18). The Hall–Kier alpha value is -0.610. The molecule has 2 aromatic rings. The first-order chi connectivity index (χ1) is 8.74. The van der Waals surface area contributed by atoms with Crippen molar-refractivity contribution in [2.75, 3.05) is 0 Å². The summed E-state index contributed by atoms with van der Waals surface area (Å²) in [4.78, 5) is 3.29. The Bertz CT molecular complexity index is 608. The third-order valence-corrected chi connectivity index (χ3v) is 4.79. The van der Waals surface area contributed by atoms with Gasteiger partial charge in [0.05, 0.1) is 11.0 Å². The quantitative estimate of drug-likeness (QED) is 0.784. The summed E-state index contributed by atoms with van der Waals surface area (Å²) >= 11 is 8.96. The molecule has 0 bridgehead atoms. The van der Waals surface area contributed by atoms with Crippen molar-refractivity contribution < 1.29 is 0 Å². The highest BCUT2D eigenvalue weighted by Gasteiger charge is 2.15. The van der Waals surface area contributed by atoms with Gasteiger partial charge < -0.3 is 9.55 Å². The van der Waals surface area contributed by atoms with Crippen molar-refractivity contribution in [3.8, 4) is 0 Å². The number of aromatic amines is 1. The van der Waals surface area contributed by atoms with Gasteiger partial charge in [-0.1, -0.05) is 41.6 Å². The van der Waals surface area contributed by atoms with Crippen LogP contribution in [0.3, 0.4) is 0 Å². The topological polar surface area (TPSA) is 20.7 Å². The molecule has 0 unspecified atom stereocenters. The molecular formula is C14H17BrN2S. The number of aryl methyl sites for hydroxylation is 1. The molecule has 3 rings (SSSR count). The lowest BCUT2D eigenvalue weighted by Crippen LogP contribution is -2.03. The molecule has 1 saturated carbocycles. The van der Waals surface area contributed by atoms with E-state index in [1.165, 1.54) is 37.6 Å². The van der Waals surface area contributed by atoms with E-state index in [2.05, 4.69) is 43.7 Å². The van der Waals surface area contributed by atoms with Crippen LogP contribution in [0.15, 0.2) is 22.7 Å². The largest absolute Gasteiger partial charge is 0.331 e. The third-order valence-electron chi connectivity index (χ3n) is 3.97. The van der Waals surface area contributed by atoms with Gasteiger partial charge in [0.25, 0.3) is 0 Å². The van der Waals surface area contributed by atoms with Gasteiger partial charge in [-0.15, -0.1) is 0 Å². The second kappa shape index (κ2) is 5.17. The molecule has 0 radical (unpaired) electrons. The van der Waals surface area contributed by atoms with Crippen LogP contribution in [0.25, 0.3) is 11.0 Å². The monoisotopic (exact) mass is 324 g/mol. The van der Waals surface area contributed by atoms with Crippen molar-refractivity contribution in [1.29, 1.82) is 0 Å². The van der Waals surface area contributed by atoms with E-state index in [-0.39, 0.29) is 0 Å². The van der Waals surface area contributed by atoms with E-state index in [0.717, 1.165) is 27.2 Å². The SMILES string of the molecule is S=c1[nH]c2ccc(Br)cc2n1CCC1CCCC1. The maximum atomic E-state index is 5.43. The van der Waals surface area contributed by atoms with Gasteiger partial charge in [0.15, 0.2) is 4.77 Å². The first-order valence-electron chi connectivity index (χ1n) is 6.62. The molecule has 1 aliphatic rings. The van der Waals surface area contributed by atoms with E-state index >= 15 is 0 Å². The average molecular weight is 325 g/mol. The number of hydrogen-bond donors (Lipinski definition) is 1. The zero-order valence-electron chi connectivity index (χ0n) is 10.3. The number of fused-ring (bicyclic) bond motifs is 1. The number of hydrogen-bond acceptors (Lipinski definition) is 1. The van der Waals surface area contributed by atoms with Crippen molar-refractivity contribution in [3.63, 3.8) is 0 Å². The predicted octanol–water partition coefficient (Wildman–Crippen LogP) is 5.04. The minimum Gasteiger partial charge on any atom is -0.331 e. The molecule has 1 aromatic carbocycles. The lowest BCUT2D eigenvalue weighted by molar-refractivity contribution is 0.461. The Balaban J connectivity index is 1.87. The highest BCUT2D eigenvalue weighted by atomic mass is 79.9. The van der Waals surface area contributed by atoms with E-state index in [9.17, 15) is 0 Å². The number of nitrogens with one attached hydrogen (secondary N) is 1. The van der Waals surface area contributed by atoms with E-state index in [1.807, 2.05) is 0 Å². The van der Waals surface area contributed by atoms with Gasteiger partial charge in [-0.2, -0.15) is 0 Å². The molecule has 4 heteroatoms. The van der Waals surface area contributed by atoms with E-state index in [1.54, 1.807) is 0 Å². The molecule has 1 fully saturated rings. The molecule has 2 nitrogen and oxygen atoms in total. The van der Waals surface area contributed by atoms with Gasteiger partial charge in [-0.05, 0) is 42.8 Å². The zero-order chi connectivity index (χ0) is 12.5. The van der Waals surface area contributed by atoms with Crippen LogP contribution in [-0.4, -0.2) is 9.55 Å². The molecule has 96 valence electrons. The second-order valence-electron chi connectivity index (χ2n) is 5.18. The highest BCUT2D eigenvalue weighted by Crippen LogP contribution is 2.29. The fourth-order valence-corrected chi connectivity index (χ4v) is 3.61. The molecule has 0 amide bonds. The summed E-state index contributed by atoms with van der Waals surface area (Å²) < 4.78 is 4.20. The van der Waals surface area contributed by atoms with Gasteiger partial charge in [0, 0.05) is 11.0 Å². The number of halogens is 1. The van der Waals surface area contributed by atoms with Crippen molar-refractivity contribution >= 4 is 39.2 Å². The van der Waals surface area contributed by atoms with Crippen LogP contribution in [-0.2, 0) is 6.54 Å². The summed E-state index contributed by atoms with van der Waals surface area (Å²) in [5.74, 6) is 0.906. The van der Waals surface area contributed by atoms with Crippen molar-refractivity contribution in [2.24, 2.45) is 5.92 Å². The second-order valence-corrected chi connectivity index (χ2v) is 6.48. The number of benzene rings is 1. The summed E-state index contributed by atoms with van der Waals surface area (Å²) in [5, 5.41) is 0. The molecule has 1 heterocycles. The Morgan fingerprint density at radius 2 is 2.11 bits per heavy atom. The first kappa shape index (κ1) is 12.4. The molecule has 1 N–H and O–H groups in total. The van der Waals surface area contributed by atoms with E-state index in [4.69, 9.17) is 12.2 Å². The maximum Gasteiger partial charge on any atom is 0.178 e. The highest BCUT2D eigenvalue weighted by molar-refractivity contribution is 9.10. The third kappa shape index (κ3) is 2.41. The number of imidazole rings is 1. The van der Waals surface area contributed by atoms with Crippen molar-refractivity contribution in [3.05, 3.63) is 27.4 Å². The van der Waals surface area contributed by atoms with Crippen LogP contribution < -0.4 is 0 Å². The smallest absolute Gasteiger partial charge is 0.178 e. The normalized spacial score (nSPS) is 16.7. The molecule has 18 heavy (non-hydrogen) atoms. The fraction of sp³-hybridized carbons (Fsp3) is 0.500. The van der Waals surface area contributed by atoms with Gasteiger partial charge in [0.1, 0.15) is 0 Å². The van der Waals surface area contributed by atoms with Gasteiger partial charge in [0.2, 0.25) is 0 Å². The minimum absolute atomic E-state index is 0.848. The Labute approximate surface area is 121 Å². The van der Waals surface area contributed by atoms with Crippen LogP contribution in [0, 0.1) is 10.7 Å². The Kier molecular flexibility index (Phi) is 3.57. The fourth-order valence-electron chi connectivity index (χ4n) is 2.96. The number of H-pyrrole nitrogens is 1. The molecule has 0 spiro atoms. The van der Waals surface area contributed by atoms with E-state index in [0.29, 0.717) is 0 Å². The lowest BCUT2D eigenvalue weighted by atomic mass is 10.0. The average Bonchev–Trinajstić information content (AvgIpc) is 2.94. The van der Waals surface area contributed by atoms with Crippen molar-refractivity contribution in [2.45, 2.75) is 38.6 Å². The van der Waals surface area contributed by atoms with E-state index < -0.39 is 0 Å². The van der Waals surface area contributed by atoms with Crippen LogP contribution >= 0.6 is 28.1 Å². The Morgan fingerprint density at radius 3 is 2.89 bits per heavy atom. The molecule has 1 aliphatic carbocycles. The summed E-state index contributed by atoms with van der Waals surface area (Å²) in [6, 6.07) is 6.28. The van der Waals surface area contributed by atoms with Crippen LogP contribution in [0.4, 0.5) is 0 Å². The maximum absolute atomic E-state index is 5.43. The summed E-state index contributed by atoms with van der Waals surface area (Å²) in [5.41, 5.74) is 2.35. The molecule has 1 aromatic heterocycles. The summed E-state index contributed by atoms with van der Waals surface area (Å²) in [7, 11) is 0. The number of rotatable bonds is 3. The molecule has 0 aliphatic heterocycles. The molecule has 0 saturated heterocycles. The molecule has 0 atom stereocenters. The van der Waals surface area contributed by atoms with Crippen LogP contribution in [0.1, 0.15) is 32.1 Å². The zero-order valence-corrected chi connectivity index (χ0v) is 12.7. The lowest BCUT2D eigenvalue weighted by Gasteiger charge is -2.10. The molecular weight excluding hydrogens is 308 g/mol. The van der Waals surface area contributed by atoms with Gasteiger partial charge in [-0.25, -0.2) is 0 Å². The first-order valence-corrected chi connectivity index (χ1v) is 7.82. The van der Waals surface area contributed by atoms with Gasteiger partial charge >= 0.3 is 0 Å². The van der Waals surface area contributed by atoms with Crippen LogP contribution in [0.5, 0.6) is 0 Å².